The smallest absolute Gasteiger partial charge is 0.282 e. The standard InChI is InChI=1S/C23H16BrClN2O3S/c1-14-6-9-16(25)12-20(14)26-22-13-21(18-4-2-3-5-19(18)23(22)28)27-31(29,30)17-10-7-15(24)8-11-17/h2-13,26H,1H3/b27-21-. The normalized spacial score (nSPS) is 14.9. The molecule has 1 aliphatic carbocycles. The van der Waals surface area contributed by atoms with Crippen LogP contribution in [-0.4, -0.2) is 19.9 Å². The maximum Gasteiger partial charge on any atom is 0.282 e. The van der Waals surface area contributed by atoms with E-state index in [1.807, 2.05) is 13.0 Å². The maximum atomic E-state index is 13.1. The summed E-state index contributed by atoms with van der Waals surface area (Å²) in [7, 11) is -3.99. The van der Waals surface area contributed by atoms with E-state index in [-0.39, 0.29) is 22.1 Å². The zero-order valence-electron chi connectivity index (χ0n) is 16.3. The number of aryl methyl sites for hydroxylation is 1. The second-order valence-electron chi connectivity index (χ2n) is 6.92. The van der Waals surface area contributed by atoms with Crippen LogP contribution in [-0.2, 0) is 10.0 Å². The average molecular weight is 516 g/mol. The van der Waals surface area contributed by atoms with Crippen molar-refractivity contribution in [2.45, 2.75) is 11.8 Å². The van der Waals surface area contributed by atoms with Crippen molar-refractivity contribution in [3.63, 3.8) is 0 Å². The van der Waals surface area contributed by atoms with Crippen LogP contribution in [0.5, 0.6) is 0 Å². The van der Waals surface area contributed by atoms with Crippen LogP contribution in [0.4, 0.5) is 5.69 Å². The van der Waals surface area contributed by atoms with E-state index in [2.05, 4.69) is 25.6 Å². The minimum Gasteiger partial charge on any atom is -0.352 e. The molecule has 8 heteroatoms. The molecule has 1 aliphatic rings. The number of Topliss-reactive ketones (excluding diaryl/α,β-unsaturated/α-hetero) is 1. The molecule has 156 valence electrons. The number of fused-ring (bicyclic) bond motifs is 1. The third-order valence-electron chi connectivity index (χ3n) is 4.77. The molecule has 5 nitrogen and oxygen atoms in total. The molecular formula is C23H16BrClN2O3S. The molecule has 0 radical (unpaired) electrons. The van der Waals surface area contributed by atoms with Gasteiger partial charge in [0.1, 0.15) is 0 Å². The van der Waals surface area contributed by atoms with Gasteiger partial charge in [-0.2, -0.15) is 12.8 Å². The second kappa shape index (κ2) is 8.42. The lowest BCUT2D eigenvalue weighted by Gasteiger charge is -2.19. The fourth-order valence-electron chi connectivity index (χ4n) is 3.16. The molecule has 0 amide bonds. The van der Waals surface area contributed by atoms with Crippen molar-refractivity contribution in [1.29, 1.82) is 0 Å². The van der Waals surface area contributed by atoms with Crippen molar-refractivity contribution in [1.82, 2.24) is 0 Å². The lowest BCUT2D eigenvalue weighted by molar-refractivity contribution is 0.103. The summed E-state index contributed by atoms with van der Waals surface area (Å²) in [5.41, 5.74) is 2.77. The first-order valence-corrected chi connectivity index (χ1v) is 11.9. The van der Waals surface area contributed by atoms with Gasteiger partial charge in [-0.3, -0.25) is 4.79 Å². The van der Waals surface area contributed by atoms with Gasteiger partial charge >= 0.3 is 0 Å². The summed E-state index contributed by atoms with van der Waals surface area (Å²) in [6, 6.07) is 18.3. The van der Waals surface area contributed by atoms with Crippen LogP contribution in [0.25, 0.3) is 0 Å². The Hall–Kier alpha value is -2.74. The van der Waals surface area contributed by atoms with Crippen LogP contribution in [0, 0.1) is 6.92 Å². The quantitative estimate of drug-likeness (QED) is 0.478. The van der Waals surface area contributed by atoms with Crippen molar-refractivity contribution in [2.24, 2.45) is 4.40 Å². The largest absolute Gasteiger partial charge is 0.352 e. The summed E-state index contributed by atoms with van der Waals surface area (Å²) in [6.07, 6.45) is 1.46. The number of hydrogen-bond acceptors (Lipinski definition) is 4. The summed E-state index contributed by atoms with van der Waals surface area (Å²) in [4.78, 5) is 13.1. The third kappa shape index (κ3) is 4.49. The molecular weight excluding hydrogens is 500 g/mol. The molecule has 0 aliphatic heterocycles. The molecule has 0 bridgehead atoms. The number of carbonyl (C=O) groups is 1. The molecule has 3 aromatic carbocycles. The van der Waals surface area contributed by atoms with Crippen LogP contribution >= 0.6 is 27.5 Å². The highest BCUT2D eigenvalue weighted by molar-refractivity contribution is 9.10. The van der Waals surface area contributed by atoms with E-state index in [4.69, 9.17) is 11.6 Å². The molecule has 31 heavy (non-hydrogen) atoms. The Morgan fingerprint density at radius 2 is 1.65 bits per heavy atom. The summed E-state index contributed by atoms with van der Waals surface area (Å²) in [5.74, 6) is -0.255. The lowest BCUT2D eigenvalue weighted by atomic mass is 9.92. The number of benzene rings is 3. The van der Waals surface area contributed by atoms with Crippen LogP contribution in [0.1, 0.15) is 21.5 Å². The zero-order valence-corrected chi connectivity index (χ0v) is 19.4. The predicted octanol–water partition coefficient (Wildman–Crippen LogP) is 5.78. The van der Waals surface area contributed by atoms with E-state index >= 15 is 0 Å². The maximum absolute atomic E-state index is 13.1. The van der Waals surface area contributed by atoms with Gasteiger partial charge in [0.15, 0.2) is 0 Å². The number of nitrogens with zero attached hydrogens (tertiary/aromatic N) is 1. The molecule has 0 heterocycles. The highest BCUT2D eigenvalue weighted by atomic mass is 79.9. The SMILES string of the molecule is Cc1ccc(Cl)cc1NC1=C/C(=N/S(=O)(=O)c2ccc(Br)cc2)c2ccccc2C1=O. The Morgan fingerprint density at radius 3 is 2.35 bits per heavy atom. The molecule has 0 unspecified atom stereocenters. The Morgan fingerprint density at radius 1 is 0.968 bits per heavy atom. The number of allylic oxidation sites excluding steroid dienone is 2. The van der Waals surface area contributed by atoms with Crippen molar-refractivity contribution < 1.29 is 13.2 Å². The second-order valence-corrected chi connectivity index (χ2v) is 9.88. The van der Waals surface area contributed by atoms with Gasteiger partial charge in [0.05, 0.1) is 16.3 Å². The molecule has 0 fully saturated rings. The van der Waals surface area contributed by atoms with Crippen LogP contribution in [0.2, 0.25) is 5.02 Å². The minimum absolute atomic E-state index is 0.0613. The zero-order chi connectivity index (χ0) is 22.2. The van der Waals surface area contributed by atoms with E-state index < -0.39 is 10.0 Å². The average Bonchev–Trinajstić information content (AvgIpc) is 2.74. The van der Waals surface area contributed by atoms with Crippen molar-refractivity contribution in [3.8, 4) is 0 Å². The van der Waals surface area contributed by atoms with Gasteiger partial charge in [-0.1, -0.05) is 57.9 Å². The third-order valence-corrected chi connectivity index (χ3v) is 6.84. The van der Waals surface area contributed by atoms with Gasteiger partial charge in [0.25, 0.3) is 10.0 Å². The number of carbonyl (C=O) groups excluding carboxylic acids is 1. The summed E-state index contributed by atoms with van der Waals surface area (Å²) < 4.78 is 30.6. The van der Waals surface area contributed by atoms with Crippen molar-refractivity contribution in [2.75, 3.05) is 5.32 Å². The summed E-state index contributed by atoms with van der Waals surface area (Å²) in [6.45, 7) is 1.88. The number of ketones is 1. The molecule has 1 N–H and O–H groups in total. The molecule has 3 aromatic rings. The van der Waals surface area contributed by atoms with Gasteiger partial charge < -0.3 is 5.32 Å². The van der Waals surface area contributed by atoms with Gasteiger partial charge in [0.2, 0.25) is 5.78 Å². The number of hydrogen-bond donors (Lipinski definition) is 1. The van der Waals surface area contributed by atoms with E-state index in [1.54, 1.807) is 48.5 Å². The first kappa shape index (κ1) is 21.5. The van der Waals surface area contributed by atoms with Crippen LogP contribution in [0.3, 0.4) is 0 Å². The number of rotatable bonds is 4. The van der Waals surface area contributed by atoms with Gasteiger partial charge in [-0.05, 0) is 55.0 Å². The summed E-state index contributed by atoms with van der Waals surface area (Å²) >= 11 is 9.39. The topological polar surface area (TPSA) is 75.6 Å². The molecule has 0 atom stereocenters. The van der Waals surface area contributed by atoms with E-state index in [0.29, 0.717) is 21.8 Å². The monoisotopic (exact) mass is 514 g/mol. The van der Waals surface area contributed by atoms with Crippen LogP contribution in [0.15, 0.2) is 92.3 Å². The molecule has 0 saturated carbocycles. The Bertz CT molecular complexity index is 1360. The lowest BCUT2D eigenvalue weighted by Crippen LogP contribution is -2.23. The fraction of sp³-hybridized carbons (Fsp3) is 0.0435. The highest BCUT2D eigenvalue weighted by Crippen LogP contribution is 2.27. The van der Waals surface area contributed by atoms with Crippen molar-refractivity contribution in [3.05, 3.63) is 105 Å². The van der Waals surface area contributed by atoms with E-state index in [0.717, 1.165) is 10.0 Å². The molecule has 4 rings (SSSR count). The number of anilines is 1. The first-order chi connectivity index (χ1) is 14.7. The predicted molar refractivity (Wildman–Crippen MR) is 127 cm³/mol. The Balaban J connectivity index is 1.83. The van der Waals surface area contributed by atoms with Gasteiger partial charge in [-0.15, -0.1) is 0 Å². The Labute approximate surface area is 193 Å². The number of sulfonamides is 1. The minimum atomic E-state index is -3.99. The fourth-order valence-corrected chi connectivity index (χ4v) is 4.59. The number of nitrogens with one attached hydrogen (secondary N) is 1. The van der Waals surface area contributed by atoms with E-state index in [9.17, 15) is 13.2 Å². The highest BCUT2D eigenvalue weighted by Gasteiger charge is 2.26. The van der Waals surface area contributed by atoms with Gasteiger partial charge in [-0.25, -0.2) is 0 Å². The van der Waals surface area contributed by atoms with Crippen molar-refractivity contribution >= 4 is 54.7 Å². The van der Waals surface area contributed by atoms with Gasteiger partial charge in [0, 0.05) is 26.3 Å². The Kier molecular flexibility index (Phi) is 5.83. The molecule has 0 saturated heterocycles. The number of halogens is 2. The van der Waals surface area contributed by atoms with Crippen LogP contribution < -0.4 is 5.32 Å². The molecule has 0 aromatic heterocycles. The van der Waals surface area contributed by atoms with E-state index in [1.165, 1.54) is 18.2 Å². The molecule has 0 spiro atoms. The summed E-state index contributed by atoms with van der Waals surface area (Å²) in [5, 5.41) is 3.61. The first-order valence-electron chi connectivity index (χ1n) is 9.24.